The van der Waals surface area contributed by atoms with Crippen LogP contribution in [0.25, 0.3) is 0 Å². The molecule has 1 aliphatic heterocycles. The van der Waals surface area contributed by atoms with Crippen molar-refractivity contribution in [2.75, 3.05) is 26.8 Å². The van der Waals surface area contributed by atoms with Crippen LogP contribution in [0.4, 0.5) is 0 Å². The molecule has 0 aromatic heterocycles. The Kier molecular flexibility index (Phi) is 5.58. The number of nitrogens with one attached hydrogen (secondary N) is 1. The second-order valence-electron chi connectivity index (χ2n) is 4.42. The van der Waals surface area contributed by atoms with Crippen LogP contribution in [0, 0.1) is 0 Å². The molecule has 0 amide bonds. The van der Waals surface area contributed by atoms with E-state index < -0.39 is 0 Å². The normalized spacial score (nSPS) is 27.6. The fourth-order valence-electron chi connectivity index (χ4n) is 2.57. The first-order valence-electron chi connectivity index (χ1n) is 6.25. The van der Waals surface area contributed by atoms with Crippen LogP contribution in [0.2, 0.25) is 0 Å². The monoisotopic (exact) mass is 214 g/mol. The van der Waals surface area contributed by atoms with Crippen molar-refractivity contribution in [3.05, 3.63) is 0 Å². The fourth-order valence-corrected chi connectivity index (χ4v) is 2.57. The number of hydrogen-bond donors (Lipinski definition) is 1. The van der Waals surface area contributed by atoms with Crippen molar-refractivity contribution in [2.45, 2.75) is 51.7 Å². The molecule has 1 rings (SSSR count). The maximum Gasteiger partial charge on any atom is 0.0622 e. The molecule has 1 saturated heterocycles. The zero-order chi connectivity index (χ0) is 11.3. The summed E-state index contributed by atoms with van der Waals surface area (Å²) in [6, 6.07) is 1.81. The van der Waals surface area contributed by atoms with Crippen molar-refractivity contribution in [3.63, 3.8) is 0 Å². The molecule has 3 heteroatoms. The summed E-state index contributed by atoms with van der Waals surface area (Å²) in [6.45, 7) is 9.71. The predicted octanol–water partition coefficient (Wildman–Crippen LogP) is 1.48. The SMILES string of the molecule is CCC(NC)C(C)N1CCOCC1CC. The smallest absolute Gasteiger partial charge is 0.0622 e. The number of likely N-dealkylation sites (N-methyl/N-ethyl adjacent to an activating group) is 1. The van der Waals surface area contributed by atoms with Crippen molar-refractivity contribution in [3.8, 4) is 0 Å². The van der Waals surface area contributed by atoms with E-state index in [1.807, 2.05) is 0 Å². The zero-order valence-corrected chi connectivity index (χ0v) is 10.6. The Morgan fingerprint density at radius 3 is 2.73 bits per heavy atom. The highest BCUT2D eigenvalue weighted by molar-refractivity contribution is 4.85. The molecule has 1 heterocycles. The Labute approximate surface area is 94.2 Å². The highest BCUT2D eigenvalue weighted by atomic mass is 16.5. The minimum Gasteiger partial charge on any atom is -0.378 e. The molecule has 90 valence electrons. The quantitative estimate of drug-likeness (QED) is 0.750. The summed E-state index contributed by atoms with van der Waals surface area (Å²) in [7, 11) is 2.06. The predicted molar refractivity (Wildman–Crippen MR) is 64.2 cm³/mol. The van der Waals surface area contributed by atoms with Gasteiger partial charge in [-0.1, -0.05) is 13.8 Å². The van der Waals surface area contributed by atoms with Crippen LogP contribution in [-0.4, -0.2) is 49.8 Å². The molecule has 3 atom stereocenters. The van der Waals surface area contributed by atoms with Crippen molar-refractivity contribution in [1.29, 1.82) is 0 Å². The Morgan fingerprint density at radius 1 is 1.47 bits per heavy atom. The number of hydrogen-bond acceptors (Lipinski definition) is 3. The summed E-state index contributed by atoms with van der Waals surface area (Å²) in [6.07, 6.45) is 2.37. The van der Waals surface area contributed by atoms with Crippen LogP contribution < -0.4 is 5.32 Å². The number of morpholine rings is 1. The second-order valence-corrected chi connectivity index (χ2v) is 4.42. The lowest BCUT2D eigenvalue weighted by atomic mass is 10.0. The van der Waals surface area contributed by atoms with E-state index in [-0.39, 0.29) is 0 Å². The van der Waals surface area contributed by atoms with Gasteiger partial charge in [0.05, 0.1) is 13.2 Å². The van der Waals surface area contributed by atoms with Gasteiger partial charge in [-0.2, -0.15) is 0 Å². The summed E-state index contributed by atoms with van der Waals surface area (Å²) in [5.74, 6) is 0. The summed E-state index contributed by atoms with van der Waals surface area (Å²) in [4.78, 5) is 2.61. The molecule has 0 aliphatic carbocycles. The van der Waals surface area contributed by atoms with Crippen LogP contribution in [0.3, 0.4) is 0 Å². The highest BCUT2D eigenvalue weighted by Gasteiger charge is 2.28. The zero-order valence-electron chi connectivity index (χ0n) is 10.6. The lowest BCUT2D eigenvalue weighted by Gasteiger charge is -2.42. The molecule has 0 saturated carbocycles. The van der Waals surface area contributed by atoms with E-state index in [0.717, 1.165) is 19.8 Å². The Balaban J connectivity index is 2.57. The van der Waals surface area contributed by atoms with Crippen molar-refractivity contribution in [1.82, 2.24) is 10.2 Å². The van der Waals surface area contributed by atoms with Crippen molar-refractivity contribution in [2.24, 2.45) is 0 Å². The molecule has 0 spiro atoms. The van der Waals surface area contributed by atoms with Crippen LogP contribution in [-0.2, 0) is 4.74 Å². The Morgan fingerprint density at radius 2 is 2.20 bits per heavy atom. The third-order valence-electron chi connectivity index (χ3n) is 3.66. The van der Waals surface area contributed by atoms with Gasteiger partial charge in [0.2, 0.25) is 0 Å². The van der Waals surface area contributed by atoms with Gasteiger partial charge < -0.3 is 10.1 Å². The van der Waals surface area contributed by atoms with E-state index in [1.54, 1.807) is 0 Å². The molecule has 0 bridgehead atoms. The van der Waals surface area contributed by atoms with E-state index in [0.29, 0.717) is 18.1 Å². The minimum atomic E-state index is 0.595. The van der Waals surface area contributed by atoms with Gasteiger partial charge in [0.25, 0.3) is 0 Å². The number of rotatable bonds is 5. The van der Waals surface area contributed by atoms with Crippen LogP contribution in [0.5, 0.6) is 0 Å². The summed E-state index contributed by atoms with van der Waals surface area (Å²) < 4.78 is 5.54. The first-order chi connectivity index (χ1) is 7.24. The average Bonchev–Trinajstić information content (AvgIpc) is 2.30. The molecular weight excluding hydrogens is 188 g/mol. The van der Waals surface area contributed by atoms with Crippen molar-refractivity contribution >= 4 is 0 Å². The van der Waals surface area contributed by atoms with Gasteiger partial charge in [0.15, 0.2) is 0 Å². The van der Waals surface area contributed by atoms with E-state index in [2.05, 4.69) is 38.0 Å². The first-order valence-corrected chi connectivity index (χ1v) is 6.25. The molecule has 0 aromatic rings. The molecule has 1 aliphatic rings. The first kappa shape index (κ1) is 12.9. The van der Waals surface area contributed by atoms with E-state index in [9.17, 15) is 0 Å². The third kappa shape index (κ3) is 3.16. The van der Waals surface area contributed by atoms with Gasteiger partial charge in [0.1, 0.15) is 0 Å². The molecule has 3 nitrogen and oxygen atoms in total. The van der Waals surface area contributed by atoms with Crippen molar-refractivity contribution < 1.29 is 4.74 Å². The average molecular weight is 214 g/mol. The van der Waals surface area contributed by atoms with E-state index in [4.69, 9.17) is 4.74 Å². The van der Waals surface area contributed by atoms with Gasteiger partial charge in [-0.25, -0.2) is 0 Å². The van der Waals surface area contributed by atoms with Gasteiger partial charge in [-0.05, 0) is 26.8 Å². The maximum absolute atomic E-state index is 5.54. The Bertz CT molecular complexity index is 171. The lowest BCUT2D eigenvalue weighted by Crippen LogP contribution is -2.55. The minimum absolute atomic E-state index is 0.595. The van der Waals surface area contributed by atoms with Gasteiger partial charge in [-0.15, -0.1) is 0 Å². The largest absolute Gasteiger partial charge is 0.378 e. The standard InChI is InChI=1S/C12H26N2O/c1-5-11-9-15-8-7-14(11)10(3)12(6-2)13-4/h10-13H,5-9H2,1-4H3. The molecule has 1 fully saturated rings. The van der Waals surface area contributed by atoms with Gasteiger partial charge in [0, 0.05) is 24.7 Å². The summed E-state index contributed by atoms with van der Waals surface area (Å²) >= 11 is 0. The summed E-state index contributed by atoms with van der Waals surface area (Å²) in [5.41, 5.74) is 0. The number of nitrogens with zero attached hydrogens (tertiary/aromatic N) is 1. The molecule has 15 heavy (non-hydrogen) atoms. The van der Waals surface area contributed by atoms with Crippen LogP contribution >= 0.6 is 0 Å². The third-order valence-corrected chi connectivity index (χ3v) is 3.66. The molecular formula is C12H26N2O. The van der Waals surface area contributed by atoms with Crippen LogP contribution in [0.1, 0.15) is 33.6 Å². The number of ether oxygens (including phenoxy) is 1. The van der Waals surface area contributed by atoms with Gasteiger partial charge in [-0.3, -0.25) is 4.90 Å². The van der Waals surface area contributed by atoms with Gasteiger partial charge >= 0.3 is 0 Å². The molecule has 1 N–H and O–H groups in total. The fraction of sp³-hybridized carbons (Fsp3) is 1.00. The summed E-state index contributed by atoms with van der Waals surface area (Å²) in [5, 5.41) is 3.41. The highest BCUT2D eigenvalue weighted by Crippen LogP contribution is 2.17. The maximum atomic E-state index is 5.54. The van der Waals surface area contributed by atoms with E-state index in [1.165, 1.54) is 12.8 Å². The topological polar surface area (TPSA) is 24.5 Å². The second kappa shape index (κ2) is 6.46. The lowest BCUT2D eigenvalue weighted by molar-refractivity contribution is -0.0333. The molecule has 0 radical (unpaired) electrons. The van der Waals surface area contributed by atoms with Crippen LogP contribution in [0.15, 0.2) is 0 Å². The Hall–Kier alpha value is -0.120. The van der Waals surface area contributed by atoms with E-state index >= 15 is 0 Å². The molecule has 3 unspecified atom stereocenters. The molecule has 0 aromatic carbocycles.